The van der Waals surface area contributed by atoms with Crippen LogP contribution in [0.5, 0.6) is 0 Å². The number of methoxy groups -OCH3 is 1. The fourth-order valence-electron chi connectivity index (χ4n) is 4.36. The molecule has 3 fully saturated rings. The second kappa shape index (κ2) is 7.27. The number of sulfonamides is 1. The van der Waals surface area contributed by atoms with Crippen LogP contribution in [0.25, 0.3) is 0 Å². The molecule has 3 aliphatic rings. The molecule has 0 aromatic heterocycles. The summed E-state index contributed by atoms with van der Waals surface area (Å²) in [6.07, 6.45) is 5.17. The highest BCUT2D eigenvalue weighted by Gasteiger charge is 2.40. The van der Waals surface area contributed by atoms with E-state index in [1.165, 1.54) is 4.31 Å². The zero-order chi connectivity index (χ0) is 17.3. The number of rotatable bonds is 5. The Morgan fingerprint density at radius 3 is 2.62 bits per heavy atom. The summed E-state index contributed by atoms with van der Waals surface area (Å²) in [6.45, 7) is 2.41. The van der Waals surface area contributed by atoms with E-state index in [2.05, 4.69) is 4.90 Å². The SMILES string of the molecule is COC1CCN([C@H]2CCC[C@H]2N(C)C(=O)CN2CCCS2(=O)=O)C1. The van der Waals surface area contributed by atoms with Crippen molar-refractivity contribution in [1.82, 2.24) is 14.1 Å². The van der Waals surface area contributed by atoms with Gasteiger partial charge in [0.05, 0.1) is 18.4 Å². The van der Waals surface area contributed by atoms with E-state index < -0.39 is 10.0 Å². The maximum absolute atomic E-state index is 12.6. The second-order valence-corrected chi connectivity index (χ2v) is 9.30. The molecule has 0 N–H and O–H groups in total. The van der Waals surface area contributed by atoms with Gasteiger partial charge in [0.15, 0.2) is 0 Å². The monoisotopic (exact) mass is 359 g/mol. The third-order valence-electron chi connectivity index (χ3n) is 5.83. The summed E-state index contributed by atoms with van der Waals surface area (Å²) in [5, 5.41) is 0. The van der Waals surface area contributed by atoms with Crippen molar-refractivity contribution in [2.24, 2.45) is 0 Å². The average Bonchev–Trinajstić information content (AvgIpc) is 3.26. The first-order chi connectivity index (χ1) is 11.4. The van der Waals surface area contributed by atoms with Gasteiger partial charge in [-0.2, -0.15) is 4.31 Å². The Balaban J connectivity index is 1.61. The fourth-order valence-corrected chi connectivity index (χ4v) is 5.83. The third-order valence-corrected chi connectivity index (χ3v) is 7.73. The highest BCUT2D eigenvalue weighted by atomic mass is 32.2. The van der Waals surface area contributed by atoms with Gasteiger partial charge in [-0.15, -0.1) is 0 Å². The molecule has 2 saturated heterocycles. The van der Waals surface area contributed by atoms with Crippen LogP contribution in [0.3, 0.4) is 0 Å². The third kappa shape index (κ3) is 3.61. The lowest BCUT2D eigenvalue weighted by Gasteiger charge is -2.35. The van der Waals surface area contributed by atoms with Gasteiger partial charge in [0.1, 0.15) is 0 Å². The lowest BCUT2D eigenvalue weighted by Crippen LogP contribution is -2.51. The molecule has 1 unspecified atom stereocenters. The minimum atomic E-state index is -3.22. The summed E-state index contributed by atoms with van der Waals surface area (Å²) in [4.78, 5) is 16.9. The second-order valence-electron chi connectivity index (χ2n) is 7.21. The number of hydrogen-bond acceptors (Lipinski definition) is 5. The molecule has 7 nitrogen and oxygen atoms in total. The number of hydrogen-bond donors (Lipinski definition) is 0. The Labute approximate surface area is 145 Å². The van der Waals surface area contributed by atoms with E-state index in [1.54, 1.807) is 12.0 Å². The van der Waals surface area contributed by atoms with Crippen LogP contribution >= 0.6 is 0 Å². The number of likely N-dealkylation sites (N-methyl/N-ethyl adjacent to an activating group) is 1. The molecule has 3 atom stereocenters. The Kier molecular flexibility index (Phi) is 5.48. The van der Waals surface area contributed by atoms with Gasteiger partial charge < -0.3 is 9.64 Å². The zero-order valence-electron chi connectivity index (χ0n) is 14.7. The van der Waals surface area contributed by atoms with E-state index in [4.69, 9.17) is 4.74 Å². The molecule has 1 saturated carbocycles. The van der Waals surface area contributed by atoms with Crippen molar-refractivity contribution in [3.63, 3.8) is 0 Å². The van der Waals surface area contributed by atoms with Gasteiger partial charge in [0.25, 0.3) is 0 Å². The van der Waals surface area contributed by atoms with E-state index in [0.29, 0.717) is 25.1 Å². The maximum atomic E-state index is 12.6. The highest BCUT2D eigenvalue weighted by molar-refractivity contribution is 7.89. The van der Waals surface area contributed by atoms with E-state index in [0.717, 1.165) is 38.8 Å². The van der Waals surface area contributed by atoms with E-state index >= 15 is 0 Å². The quantitative estimate of drug-likeness (QED) is 0.697. The van der Waals surface area contributed by atoms with Crippen molar-refractivity contribution in [3.05, 3.63) is 0 Å². The highest BCUT2D eigenvalue weighted by Crippen LogP contribution is 2.31. The van der Waals surface area contributed by atoms with E-state index in [-0.39, 0.29) is 24.2 Å². The first-order valence-corrected chi connectivity index (χ1v) is 10.5. The lowest BCUT2D eigenvalue weighted by atomic mass is 10.1. The van der Waals surface area contributed by atoms with Crippen molar-refractivity contribution < 1.29 is 17.9 Å². The Bertz CT molecular complexity index is 568. The topological polar surface area (TPSA) is 70.2 Å². The zero-order valence-corrected chi connectivity index (χ0v) is 15.5. The van der Waals surface area contributed by atoms with Gasteiger partial charge in [-0.3, -0.25) is 9.69 Å². The molecular weight excluding hydrogens is 330 g/mol. The first-order valence-electron chi connectivity index (χ1n) is 8.92. The maximum Gasteiger partial charge on any atom is 0.237 e. The Morgan fingerprint density at radius 1 is 1.21 bits per heavy atom. The summed E-state index contributed by atoms with van der Waals surface area (Å²) in [5.74, 6) is 0.0854. The van der Waals surface area contributed by atoms with Crippen molar-refractivity contribution in [3.8, 4) is 0 Å². The number of carbonyl (C=O) groups is 1. The molecule has 2 heterocycles. The van der Waals surface area contributed by atoms with Gasteiger partial charge >= 0.3 is 0 Å². The first kappa shape index (κ1) is 18.1. The van der Waals surface area contributed by atoms with Crippen LogP contribution in [0.4, 0.5) is 0 Å². The fraction of sp³-hybridized carbons (Fsp3) is 0.938. The number of nitrogens with zero attached hydrogens (tertiary/aromatic N) is 3. The van der Waals surface area contributed by atoms with Crippen molar-refractivity contribution in [2.45, 2.75) is 50.3 Å². The molecule has 0 aromatic carbocycles. The molecule has 2 aliphatic heterocycles. The van der Waals surface area contributed by atoms with Crippen LogP contribution in [0.2, 0.25) is 0 Å². The van der Waals surface area contributed by atoms with Crippen LogP contribution in [0, 0.1) is 0 Å². The Morgan fingerprint density at radius 2 is 2.00 bits per heavy atom. The van der Waals surface area contributed by atoms with Crippen LogP contribution < -0.4 is 0 Å². The standard InChI is InChI=1S/C16H29N3O4S/c1-17(16(20)12-19-8-4-10-24(19,21)22)14-5-3-6-15(14)18-9-7-13(11-18)23-2/h13-15H,3-12H2,1-2H3/t13?,14-,15+/m1/s1. The van der Waals surface area contributed by atoms with E-state index in [9.17, 15) is 13.2 Å². The molecule has 1 aliphatic carbocycles. The largest absolute Gasteiger partial charge is 0.380 e. The number of carbonyl (C=O) groups excluding carboxylic acids is 1. The smallest absolute Gasteiger partial charge is 0.237 e. The molecule has 0 spiro atoms. The van der Waals surface area contributed by atoms with Gasteiger partial charge in [-0.1, -0.05) is 0 Å². The molecule has 1 amide bonds. The number of likely N-dealkylation sites (tertiary alicyclic amines) is 1. The molecule has 0 radical (unpaired) electrons. The van der Waals surface area contributed by atoms with Crippen LogP contribution in [0.15, 0.2) is 0 Å². The van der Waals surface area contributed by atoms with Gasteiger partial charge in [0, 0.05) is 45.9 Å². The average molecular weight is 359 g/mol. The lowest BCUT2D eigenvalue weighted by molar-refractivity contribution is -0.133. The molecular formula is C16H29N3O4S. The normalized spacial score (nSPS) is 34.0. The summed E-state index contributed by atoms with van der Waals surface area (Å²) < 4.78 is 30.6. The predicted octanol–water partition coefficient (Wildman–Crippen LogP) is 0.122. The minimum absolute atomic E-state index is 0.0112. The van der Waals surface area contributed by atoms with Crippen LogP contribution in [0.1, 0.15) is 32.1 Å². The van der Waals surface area contributed by atoms with Crippen LogP contribution in [-0.2, 0) is 19.6 Å². The molecule has 138 valence electrons. The number of ether oxygens (including phenoxy) is 1. The molecule has 24 heavy (non-hydrogen) atoms. The van der Waals surface area contributed by atoms with Gasteiger partial charge in [0.2, 0.25) is 15.9 Å². The molecule has 0 bridgehead atoms. The van der Waals surface area contributed by atoms with Crippen molar-refractivity contribution in [1.29, 1.82) is 0 Å². The number of amides is 1. The van der Waals surface area contributed by atoms with Crippen molar-refractivity contribution in [2.75, 3.05) is 46.1 Å². The minimum Gasteiger partial charge on any atom is -0.380 e. The van der Waals surface area contributed by atoms with Gasteiger partial charge in [-0.05, 0) is 32.1 Å². The Hall–Kier alpha value is -0.700. The summed E-state index contributed by atoms with van der Waals surface area (Å²) in [7, 11) is 0.367. The summed E-state index contributed by atoms with van der Waals surface area (Å²) >= 11 is 0. The van der Waals surface area contributed by atoms with Crippen LogP contribution in [-0.4, -0.2) is 92.7 Å². The van der Waals surface area contributed by atoms with Crippen molar-refractivity contribution >= 4 is 15.9 Å². The summed E-state index contributed by atoms with van der Waals surface area (Å²) in [6, 6.07) is 0.549. The van der Waals surface area contributed by atoms with Gasteiger partial charge in [-0.25, -0.2) is 8.42 Å². The molecule has 0 aromatic rings. The summed E-state index contributed by atoms with van der Waals surface area (Å²) in [5.41, 5.74) is 0. The predicted molar refractivity (Wildman–Crippen MR) is 91.2 cm³/mol. The van der Waals surface area contributed by atoms with E-state index in [1.807, 2.05) is 7.05 Å². The molecule has 8 heteroatoms. The molecule has 3 rings (SSSR count).